The summed E-state index contributed by atoms with van der Waals surface area (Å²) < 4.78 is 26.9. The molecule has 2 aromatic rings. The molecule has 0 spiro atoms. The summed E-state index contributed by atoms with van der Waals surface area (Å²) in [7, 11) is -3.66. The van der Waals surface area contributed by atoms with Crippen LogP contribution in [0.4, 0.5) is 0 Å². The molecule has 0 amide bonds. The Kier molecular flexibility index (Phi) is 5.12. The minimum Gasteiger partial charge on any atom is -0.481 e. The Hall–Kier alpha value is -1.96. The van der Waals surface area contributed by atoms with Crippen LogP contribution in [0.3, 0.4) is 0 Å². The molecule has 22 heavy (non-hydrogen) atoms. The molecular formula is C15H15NO4S2. The number of hydrogen-bond acceptors (Lipinski definition) is 4. The van der Waals surface area contributed by atoms with Crippen molar-refractivity contribution in [3.63, 3.8) is 0 Å². The number of aliphatic carboxylic acids is 1. The second-order valence-electron chi connectivity index (χ2n) is 4.59. The topological polar surface area (TPSA) is 83.5 Å². The molecule has 0 aliphatic heterocycles. The number of rotatable bonds is 7. The summed E-state index contributed by atoms with van der Waals surface area (Å²) in [5, 5.41) is 8.71. The van der Waals surface area contributed by atoms with Crippen LogP contribution < -0.4 is 4.72 Å². The fraction of sp³-hybridized carbons (Fsp3) is 0.133. The van der Waals surface area contributed by atoms with Crippen molar-refractivity contribution in [3.05, 3.63) is 59.5 Å². The summed E-state index contributed by atoms with van der Waals surface area (Å²) in [6, 6.07) is 12.2. The van der Waals surface area contributed by atoms with Gasteiger partial charge in [-0.25, -0.2) is 13.1 Å². The summed E-state index contributed by atoms with van der Waals surface area (Å²) in [6.07, 6.45) is -0.184. The van der Waals surface area contributed by atoms with Crippen LogP contribution in [0.5, 0.6) is 0 Å². The van der Waals surface area contributed by atoms with E-state index < -0.39 is 16.0 Å². The minimum absolute atomic E-state index is 0.0957. The molecule has 0 fully saturated rings. The highest BCUT2D eigenvalue weighted by Gasteiger charge is 2.17. The summed E-state index contributed by atoms with van der Waals surface area (Å²) >= 11 is 0.955. The maximum atomic E-state index is 12.2. The van der Waals surface area contributed by atoms with E-state index >= 15 is 0 Å². The van der Waals surface area contributed by atoms with E-state index in [4.69, 9.17) is 5.11 Å². The fourth-order valence-electron chi connectivity index (χ4n) is 1.78. The lowest BCUT2D eigenvalue weighted by atomic mass is 10.1. The van der Waals surface area contributed by atoms with Crippen molar-refractivity contribution >= 4 is 32.9 Å². The number of carboxylic acid groups (broad SMARTS) is 1. The summed E-state index contributed by atoms with van der Waals surface area (Å²) in [4.78, 5) is 11.1. The maximum Gasteiger partial charge on any atom is 0.308 e. The first kappa shape index (κ1) is 16.4. The van der Waals surface area contributed by atoms with E-state index in [2.05, 4.69) is 11.3 Å². The van der Waals surface area contributed by atoms with E-state index in [-0.39, 0.29) is 17.2 Å². The van der Waals surface area contributed by atoms with Crippen molar-refractivity contribution < 1.29 is 18.3 Å². The lowest BCUT2D eigenvalue weighted by molar-refractivity contribution is -0.136. The van der Waals surface area contributed by atoms with Gasteiger partial charge in [0.1, 0.15) is 4.21 Å². The van der Waals surface area contributed by atoms with Crippen LogP contribution in [0.2, 0.25) is 0 Å². The van der Waals surface area contributed by atoms with Crippen LogP contribution >= 0.6 is 11.3 Å². The van der Waals surface area contributed by atoms with Crippen molar-refractivity contribution in [2.24, 2.45) is 0 Å². The summed E-state index contributed by atoms with van der Waals surface area (Å²) in [5.74, 6) is -0.990. The van der Waals surface area contributed by atoms with Crippen LogP contribution in [-0.2, 0) is 21.2 Å². The third-order valence-corrected chi connectivity index (χ3v) is 5.86. The van der Waals surface area contributed by atoms with Crippen molar-refractivity contribution in [2.45, 2.75) is 10.6 Å². The number of sulfonamides is 1. The number of carbonyl (C=O) groups is 1. The van der Waals surface area contributed by atoms with E-state index in [0.29, 0.717) is 10.5 Å². The van der Waals surface area contributed by atoms with Gasteiger partial charge in [0, 0.05) is 11.4 Å². The zero-order valence-corrected chi connectivity index (χ0v) is 13.3. The Morgan fingerprint density at radius 3 is 2.50 bits per heavy atom. The number of benzene rings is 1. The quantitative estimate of drug-likeness (QED) is 0.812. The molecule has 0 aliphatic carbocycles. The third-order valence-electron chi connectivity index (χ3n) is 2.88. The zero-order valence-electron chi connectivity index (χ0n) is 11.7. The number of carboxylic acids is 1. The number of thiophene rings is 1. The molecular weight excluding hydrogens is 322 g/mol. The molecule has 0 saturated heterocycles. The van der Waals surface area contributed by atoms with E-state index in [9.17, 15) is 13.2 Å². The van der Waals surface area contributed by atoms with Gasteiger partial charge in [0.15, 0.2) is 0 Å². The first-order valence-electron chi connectivity index (χ1n) is 6.42. The molecule has 0 aliphatic rings. The molecule has 0 radical (unpaired) electrons. The van der Waals surface area contributed by atoms with Crippen LogP contribution in [0.1, 0.15) is 10.4 Å². The molecule has 116 valence electrons. The predicted molar refractivity (Wildman–Crippen MR) is 86.3 cm³/mol. The van der Waals surface area contributed by atoms with Gasteiger partial charge in [-0.3, -0.25) is 4.79 Å². The van der Waals surface area contributed by atoms with Gasteiger partial charge in [-0.15, -0.1) is 11.3 Å². The van der Waals surface area contributed by atoms with Gasteiger partial charge < -0.3 is 5.11 Å². The molecule has 7 heteroatoms. The predicted octanol–water partition coefficient (Wildman–Crippen LogP) is 2.37. The van der Waals surface area contributed by atoms with Gasteiger partial charge in [0.2, 0.25) is 10.0 Å². The summed E-state index contributed by atoms with van der Waals surface area (Å²) in [6.45, 7) is 3.96. The molecule has 1 heterocycles. The smallest absolute Gasteiger partial charge is 0.308 e. The molecule has 1 aromatic heterocycles. The standard InChI is InChI=1S/C15H15NO4S2/c1-11(12-5-3-2-4-6-12)10-16-22(19,20)15-8-7-13(21-15)9-14(17)18/h2-8,16H,1,9-10H2,(H,17,18). The average molecular weight is 337 g/mol. The first-order chi connectivity index (χ1) is 10.4. The van der Waals surface area contributed by atoms with Crippen LogP contribution in [-0.4, -0.2) is 26.0 Å². The maximum absolute atomic E-state index is 12.2. The van der Waals surface area contributed by atoms with Gasteiger partial charge in [-0.05, 0) is 23.3 Å². The van der Waals surface area contributed by atoms with E-state index in [1.807, 2.05) is 30.3 Å². The van der Waals surface area contributed by atoms with Gasteiger partial charge in [0.25, 0.3) is 0 Å². The van der Waals surface area contributed by atoms with E-state index in [1.54, 1.807) is 0 Å². The second-order valence-corrected chi connectivity index (χ2v) is 7.75. The van der Waals surface area contributed by atoms with Gasteiger partial charge >= 0.3 is 5.97 Å². The highest BCUT2D eigenvalue weighted by Crippen LogP contribution is 2.22. The largest absolute Gasteiger partial charge is 0.481 e. The lowest BCUT2D eigenvalue weighted by Crippen LogP contribution is -2.24. The van der Waals surface area contributed by atoms with Crippen molar-refractivity contribution in [1.82, 2.24) is 4.72 Å². The molecule has 2 N–H and O–H groups in total. The van der Waals surface area contributed by atoms with Crippen molar-refractivity contribution in [1.29, 1.82) is 0 Å². The molecule has 0 atom stereocenters. The van der Waals surface area contributed by atoms with Crippen LogP contribution in [0, 0.1) is 0 Å². The van der Waals surface area contributed by atoms with Gasteiger partial charge in [0.05, 0.1) is 6.42 Å². The second kappa shape index (κ2) is 6.87. The molecule has 5 nitrogen and oxygen atoms in total. The SMILES string of the molecule is C=C(CNS(=O)(=O)c1ccc(CC(=O)O)s1)c1ccccc1. The Morgan fingerprint density at radius 1 is 1.18 bits per heavy atom. The lowest BCUT2D eigenvalue weighted by Gasteiger charge is -2.07. The number of hydrogen-bond donors (Lipinski definition) is 2. The molecule has 0 bridgehead atoms. The Morgan fingerprint density at radius 2 is 1.86 bits per heavy atom. The monoisotopic (exact) mass is 337 g/mol. The molecule has 2 rings (SSSR count). The first-order valence-corrected chi connectivity index (χ1v) is 8.72. The zero-order chi connectivity index (χ0) is 16.2. The van der Waals surface area contributed by atoms with Gasteiger partial charge in [-0.1, -0.05) is 36.9 Å². The minimum atomic E-state index is -3.66. The van der Waals surface area contributed by atoms with Crippen LogP contribution in [0.15, 0.2) is 53.3 Å². The Bertz CT molecular complexity index is 779. The fourth-order valence-corrected chi connectivity index (χ4v) is 4.19. The highest BCUT2D eigenvalue weighted by atomic mass is 32.2. The molecule has 1 aromatic carbocycles. The molecule has 0 saturated carbocycles. The number of nitrogens with one attached hydrogen (secondary N) is 1. The van der Waals surface area contributed by atoms with Gasteiger partial charge in [-0.2, -0.15) is 0 Å². The Balaban J connectivity index is 2.03. The van der Waals surface area contributed by atoms with Crippen LogP contribution in [0.25, 0.3) is 5.57 Å². The molecule has 0 unspecified atom stereocenters. The third kappa shape index (κ3) is 4.27. The Labute approximate surface area is 133 Å². The van der Waals surface area contributed by atoms with Crippen molar-refractivity contribution in [2.75, 3.05) is 6.54 Å². The van der Waals surface area contributed by atoms with E-state index in [0.717, 1.165) is 16.9 Å². The average Bonchev–Trinajstić information content (AvgIpc) is 2.94. The normalized spacial score (nSPS) is 11.3. The van der Waals surface area contributed by atoms with E-state index in [1.165, 1.54) is 12.1 Å². The van der Waals surface area contributed by atoms with Crippen molar-refractivity contribution in [3.8, 4) is 0 Å². The highest BCUT2D eigenvalue weighted by molar-refractivity contribution is 7.91. The summed E-state index contributed by atoms with van der Waals surface area (Å²) in [5.41, 5.74) is 1.52.